The molecule has 0 unspecified atom stereocenters. The average Bonchev–Trinajstić information content (AvgIpc) is 2.88. The summed E-state index contributed by atoms with van der Waals surface area (Å²) in [5.74, 6) is -0.0151. The summed E-state index contributed by atoms with van der Waals surface area (Å²) in [6.07, 6.45) is 1.57. The zero-order valence-electron chi connectivity index (χ0n) is 16.1. The third-order valence-electron chi connectivity index (χ3n) is 4.03. The number of sulfonamides is 1. The summed E-state index contributed by atoms with van der Waals surface area (Å²) in [4.78, 5) is 12.0. The van der Waals surface area contributed by atoms with Crippen LogP contribution >= 0.6 is 0 Å². The van der Waals surface area contributed by atoms with Crippen molar-refractivity contribution in [3.63, 3.8) is 0 Å². The van der Waals surface area contributed by atoms with Gasteiger partial charge in [-0.1, -0.05) is 32.0 Å². The van der Waals surface area contributed by atoms with Gasteiger partial charge >= 0.3 is 0 Å². The van der Waals surface area contributed by atoms with Crippen molar-refractivity contribution in [1.29, 1.82) is 0 Å². The molecule has 2 rings (SSSR count). The van der Waals surface area contributed by atoms with Gasteiger partial charge in [0.05, 0.1) is 17.7 Å². The summed E-state index contributed by atoms with van der Waals surface area (Å²) in [5, 5.41) is 3.94. The molecule has 0 saturated heterocycles. The van der Waals surface area contributed by atoms with E-state index in [2.05, 4.69) is 33.7 Å². The Morgan fingerprint density at radius 2 is 1.89 bits per heavy atom. The maximum absolute atomic E-state index is 12.1. The number of nitrogens with one attached hydrogen (secondary N) is 2. The number of nitrogens with zero attached hydrogens (tertiary/aromatic N) is 2. The molecule has 8 heteroatoms. The fraction of sp³-hybridized carbons (Fsp3) is 0.368. The van der Waals surface area contributed by atoms with Crippen molar-refractivity contribution < 1.29 is 13.2 Å². The number of rotatable bonds is 8. The maximum atomic E-state index is 12.1. The van der Waals surface area contributed by atoms with Crippen molar-refractivity contribution in [2.24, 2.45) is 11.0 Å². The highest BCUT2D eigenvalue weighted by Crippen LogP contribution is 2.15. The third-order valence-corrected chi connectivity index (χ3v) is 5.45. The topological polar surface area (TPSA) is 92.6 Å². The van der Waals surface area contributed by atoms with Gasteiger partial charge in [-0.15, -0.1) is 0 Å². The second kappa shape index (κ2) is 8.96. The first-order valence-corrected chi connectivity index (χ1v) is 10.2. The fourth-order valence-corrected chi connectivity index (χ4v) is 3.66. The van der Waals surface area contributed by atoms with Crippen LogP contribution in [0.4, 0.5) is 0 Å². The molecule has 0 atom stereocenters. The zero-order valence-corrected chi connectivity index (χ0v) is 16.9. The molecule has 0 bridgehead atoms. The van der Waals surface area contributed by atoms with Gasteiger partial charge in [-0.25, -0.2) is 18.6 Å². The van der Waals surface area contributed by atoms with Crippen molar-refractivity contribution in [2.45, 2.75) is 39.1 Å². The Kier molecular flexibility index (Phi) is 6.92. The van der Waals surface area contributed by atoms with Gasteiger partial charge in [-0.2, -0.15) is 5.10 Å². The molecule has 2 aromatic rings. The molecule has 1 amide bonds. The lowest BCUT2D eigenvalue weighted by Gasteiger charge is -2.11. The molecule has 0 aliphatic rings. The molecule has 0 fully saturated rings. The first-order valence-electron chi connectivity index (χ1n) is 8.74. The molecule has 1 aromatic heterocycles. The van der Waals surface area contributed by atoms with Crippen LogP contribution in [-0.2, 0) is 21.4 Å². The van der Waals surface area contributed by atoms with Crippen molar-refractivity contribution in [3.05, 3.63) is 53.3 Å². The number of hydrogen-bond acceptors (Lipinski definition) is 4. The van der Waals surface area contributed by atoms with Crippen molar-refractivity contribution >= 4 is 22.1 Å². The monoisotopic (exact) mass is 390 g/mol. The summed E-state index contributed by atoms with van der Waals surface area (Å²) in [7, 11) is -3.72. The van der Waals surface area contributed by atoms with Crippen molar-refractivity contribution in [2.75, 3.05) is 6.54 Å². The highest BCUT2D eigenvalue weighted by Gasteiger charge is 2.14. The quantitative estimate of drug-likeness (QED) is 0.534. The van der Waals surface area contributed by atoms with E-state index < -0.39 is 15.9 Å². The normalized spacial score (nSPS) is 12.0. The Labute approximate surface area is 160 Å². The minimum Gasteiger partial charge on any atom is -0.348 e. The summed E-state index contributed by atoms with van der Waals surface area (Å²) >= 11 is 0. The highest BCUT2D eigenvalue weighted by atomic mass is 32.2. The Morgan fingerprint density at radius 3 is 2.52 bits per heavy atom. The van der Waals surface area contributed by atoms with Crippen LogP contribution in [0.3, 0.4) is 0 Å². The molecule has 7 nitrogen and oxygen atoms in total. The summed E-state index contributed by atoms with van der Waals surface area (Å²) in [5.41, 5.74) is 5.46. The van der Waals surface area contributed by atoms with Gasteiger partial charge in [-0.05, 0) is 38.0 Å². The molecular weight excluding hydrogens is 364 g/mol. The predicted molar refractivity (Wildman–Crippen MR) is 106 cm³/mol. The smallest absolute Gasteiger partial charge is 0.255 e. The van der Waals surface area contributed by atoms with Crippen LogP contribution in [0.5, 0.6) is 0 Å². The number of aromatic nitrogens is 1. The standard InChI is InChI=1S/C19H26N4O3S/c1-14(2)13-23-15(3)10-17(16(23)4)11-20-22-19(24)12-21-27(25,26)18-8-6-5-7-9-18/h5-11,14,21H,12-13H2,1-4H3,(H,22,24)/b20-11-. The molecule has 0 spiro atoms. The molecule has 1 aromatic carbocycles. The van der Waals surface area contributed by atoms with Gasteiger partial charge in [0.2, 0.25) is 10.0 Å². The van der Waals surface area contributed by atoms with E-state index in [0.29, 0.717) is 5.92 Å². The van der Waals surface area contributed by atoms with Crippen LogP contribution < -0.4 is 10.1 Å². The van der Waals surface area contributed by atoms with Crippen LogP contribution in [0.15, 0.2) is 46.4 Å². The minimum absolute atomic E-state index is 0.110. The number of carbonyl (C=O) groups excluding carboxylic acids is 1. The Morgan fingerprint density at radius 1 is 1.22 bits per heavy atom. The van der Waals surface area contributed by atoms with E-state index in [0.717, 1.165) is 23.5 Å². The Hall–Kier alpha value is -2.45. The first kappa shape index (κ1) is 20.9. The molecule has 2 N–H and O–H groups in total. The number of hydrazone groups is 1. The second-order valence-corrected chi connectivity index (χ2v) is 8.53. The van der Waals surface area contributed by atoms with Gasteiger partial charge in [0.15, 0.2) is 0 Å². The van der Waals surface area contributed by atoms with Crippen LogP contribution in [0.2, 0.25) is 0 Å². The molecule has 0 radical (unpaired) electrons. The number of aryl methyl sites for hydroxylation is 1. The second-order valence-electron chi connectivity index (χ2n) is 6.76. The number of hydrogen-bond donors (Lipinski definition) is 2. The van der Waals surface area contributed by atoms with Gasteiger partial charge in [0.1, 0.15) is 0 Å². The highest BCUT2D eigenvalue weighted by molar-refractivity contribution is 7.89. The lowest BCUT2D eigenvalue weighted by molar-refractivity contribution is -0.119. The van der Waals surface area contributed by atoms with Crippen LogP contribution in [0.25, 0.3) is 0 Å². The molecule has 27 heavy (non-hydrogen) atoms. The predicted octanol–water partition coefficient (Wildman–Crippen LogP) is 2.19. The van der Waals surface area contributed by atoms with Crippen LogP contribution in [0.1, 0.15) is 30.8 Å². The van der Waals surface area contributed by atoms with Crippen molar-refractivity contribution in [1.82, 2.24) is 14.7 Å². The van der Waals surface area contributed by atoms with E-state index in [1.165, 1.54) is 12.1 Å². The summed E-state index contributed by atoms with van der Waals surface area (Å²) in [6.45, 7) is 8.88. The zero-order chi connectivity index (χ0) is 20.0. The first-order chi connectivity index (χ1) is 12.7. The van der Waals surface area contributed by atoms with Gasteiger partial charge in [0.25, 0.3) is 5.91 Å². The van der Waals surface area contributed by atoms with Gasteiger partial charge in [-0.3, -0.25) is 4.79 Å². The molecule has 0 aliphatic heterocycles. The SMILES string of the molecule is Cc1cc(/C=N\NC(=O)CNS(=O)(=O)c2ccccc2)c(C)n1CC(C)C. The largest absolute Gasteiger partial charge is 0.348 e. The van der Waals surface area contributed by atoms with E-state index in [1.807, 2.05) is 19.9 Å². The Balaban J connectivity index is 1.92. The molecular formula is C19H26N4O3S. The fourth-order valence-electron chi connectivity index (χ4n) is 2.66. The summed E-state index contributed by atoms with van der Waals surface area (Å²) in [6, 6.07) is 9.89. The molecule has 0 aliphatic carbocycles. The van der Waals surface area contributed by atoms with Gasteiger partial charge in [0, 0.05) is 23.5 Å². The van der Waals surface area contributed by atoms with E-state index in [1.54, 1.807) is 24.4 Å². The maximum Gasteiger partial charge on any atom is 0.255 e. The molecule has 146 valence electrons. The number of amides is 1. The van der Waals surface area contributed by atoms with Crippen LogP contribution in [0, 0.1) is 19.8 Å². The molecule has 1 heterocycles. The average molecular weight is 391 g/mol. The molecule has 0 saturated carbocycles. The minimum atomic E-state index is -3.72. The van der Waals surface area contributed by atoms with Crippen LogP contribution in [-0.4, -0.2) is 31.7 Å². The van der Waals surface area contributed by atoms with E-state index >= 15 is 0 Å². The lowest BCUT2D eigenvalue weighted by Crippen LogP contribution is -2.34. The number of benzene rings is 1. The lowest BCUT2D eigenvalue weighted by atomic mass is 10.2. The van der Waals surface area contributed by atoms with E-state index in [-0.39, 0.29) is 11.4 Å². The van der Waals surface area contributed by atoms with E-state index in [4.69, 9.17) is 0 Å². The summed E-state index contributed by atoms with van der Waals surface area (Å²) < 4.78 is 28.6. The third kappa shape index (κ3) is 5.77. The Bertz CT molecular complexity index is 916. The van der Waals surface area contributed by atoms with Crippen molar-refractivity contribution in [3.8, 4) is 0 Å². The number of carbonyl (C=O) groups is 1. The van der Waals surface area contributed by atoms with E-state index in [9.17, 15) is 13.2 Å². The van der Waals surface area contributed by atoms with Gasteiger partial charge < -0.3 is 4.57 Å².